The average Bonchev–Trinajstić information content (AvgIpc) is 3.13. The minimum atomic E-state index is -5.11. The summed E-state index contributed by atoms with van der Waals surface area (Å²) in [6, 6.07) is 20.0. The predicted molar refractivity (Wildman–Crippen MR) is 193 cm³/mol. The SMILES string of the molecule is CSCCC(NC(=O)c1ccc(-c2ccccc2)cc1)C(=O)NC(CCc1ccccc1)C(=O)NC(C)C(=O)NC(CCC(N)=O)C(O)C(F)(F)F. The molecule has 7 N–H and O–H groups in total. The van der Waals surface area contributed by atoms with Crippen LogP contribution in [0.1, 0.15) is 48.5 Å². The first-order valence-electron chi connectivity index (χ1n) is 16.6. The first-order valence-corrected chi connectivity index (χ1v) is 18.0. The van der Waals surface area contributed by atoms with E-state index in [-0.39, 0.29) is 12.8 Å². The zero-order chi connectivity index (χ0) is 38.3. The third-order valence-corrected chi connectivity index (χ3v) is 8.83. The Morgan fingerprint density at radius 3 is 1.87 bits per heavy atom. The molecule has 11 nitrogen and oxygen atoms in total. The highest BCUT2D eigenvalue weighted by Gasteiger charge is 2.44. The number of halogens is 3. The van der Waals surface area contributed by atoms with Crippen molar-refractivity contribution in [2.75, 3.05) is 12.0 Å². The summed E-state index contributed by atoms with van der Waals surface area (Å²) in [6.45, 7) is 1.22. The number of hydrogen-bond acceptors (Lipinski definition) is 7. The molecule has 0 radical (unpaired) electrons. The van der Waals surface area contributed by atoms with E-state index in [4.69, 9.17) is 5.73 Å². The molecule has 0 bridgehead atoms. The zero-order valence-electron chi connectivity index (χ0n) is 28.8. The predicted octanol–water partition coefficient (Wildman–Crippen LogP) is 3.50. The van der Waals surface area contributed by atoms with Gasteiger partial charge in [-0.15, -0.1) is 0 Å². The maximum Gasteiger partial charge on any atom is 0.416 e. The summed E-state index contributed by atoms with van der Waals surface area (Å²) in [5, 5.41) is 19.7. The van der Waals surface area contributed by atoms with Gasteiger partial charge in [-0.05, 0) is 73.4 Å². The lowest BCUT2D eigenvalue weighted by atomic mass is 10.0. The van der Waals surface area contributed by atoms with Crippen LogP contribution in [0.25, 0.3) is 11.1 Å². The Morgan fingerprint density at radius 2 is 1.29 bits per heavy atom. The maximum absolute atomic E-state index is 13.7. The topological polar surface area (TPSA) is 180 Å². The Hall–Kier alpha value is -4.89. The van der Waals surface area contributed by atoms with Crippen LogP contribution in [0, 0.1) is 0 Å². The summed E-state index contributed by atoms with van der Waals surface area (Å²) >= 11 is 1.46. The molecule has 0 aliphatic rings. The van der Waals surface area contributed by atoms with Crippen molar-refractivity contribution in [1.82, 2.24) is 21.3 Å². The molecule has 0 aliphatic heterocycles. The summed E-state index contributed by atoms with van der Waals surface area (Å²) in [6.07, 6.45) is -6.75. The van der Waals surface area contributed by atoms with Crippen molar-refractivity contribution < 1.29 is 42.3 Å². The number of benzene rings is 3. The van der Waals surface area contributed by atoms with Crippen LogP contribution in [0.15, 0.2) is 84.9 Å². The van der Waals surface area contributed by atoms with E-state index in [1.807, 2.05) is 60.1 Å². The third kappa shape index (κ3) is 13.3. The van der Waals surface area contributed by atoms with Crippen LogP contribution in [-0.2, 0) is 25.6 Å². The zero-order valence-corrected chi connectivity index (χ0v) is 29.6. The van der Waals surface area contributed by atoms with Gasteiger partial charge in [0.25, 0.3) is 5.91 Å². The quantitative estimate of drug-likeness (QED) is 0.109. The molecule has 5 amide bonds. The highest BCUT2D eigenvalue weighted by Crippen LogP contribution is 2.24. The number of hydrogen-bond donors (Lipinski definition) is 6. The summed E-state index contributed by atoms with van der Waals surface area (Å²) < 4.78 is 39.8. The molecule has 5 atom stereocenters. The van der Waals surface area contributed by atoms with Crippen molar-refractivity contribution >= 4 is 41.3 Å². The van der Waals surface area contributed by atoms with E-state index >= 15 is 0 Å². The van der Waals surface area contributed by atoms with Crippen molar-refractivity contribution in [2.24, 2.45) is 5.73 Å². The average molecular weight is 744 g/mol. The molecular formula is C37H44F3N5O6S. The third-order valence-electron chi connectivity index (χ3n) is 8.18. The van der Waals surface area contributed by atoms with E-state index in [1.165, 1.54) is 18.7 Å². The number of nitrogens with two attached hydrogens (primary N) is 1. The van der Waals surface area contributed by atoms with Gasteiger partial charge in [-0.2, -0.15) is 24.9 Å². The molecule has 0 heterocycles. The number of aliphatic hydroxyl groups is 1. The van der Waals surface area contributed by atoms with Crippen LogP contribution in [0.3, 0.4) is 0 Å². The first-order chi connectivity index (χ1) is 24.7. The molecule has 0 aromatic heterocycles. The van der Waals surface area contributed by atoms with Crippen LogP contribution < -0.4 is 27.0 Å². The fraction of sp³-hybridized carbons (Fsp3) is 0.378. The van der Waals surface area contributed by atoms with Crippen molar-refractivity contribution in [3.8, 4) is 11.1 Å². The molecule has 0 saturated carbocycles. The number of primary amides is 1. The standard InChI is InChI=1S/C37H44F3N5O6S/c1-23(33(48)43-28(19-20-31(41)46)32(47)37(38,39)40)42-35(50)29(18-13-24-9-5-3-6-10-24)45-36(51)30(21-22-52-2)44-34(49)27-16-14-26(15-17-27)25-11-7-4-8-12-25/h3-12,14-17,23,28-30,32,47H,13,18-22H2,1-2H3,(H2,41,46)(H,42,50)(H,43,48)(H,44,49)(H,45,51). The van der Waals surface area contributed by atoms with Gasteiger partial charge >= 0.3 is 6.18 Å². The second-order valence-corrected chi connectivity index (χ2v) is 13.2. The van der Waals surface area contributed by atoms with Gasteiger partial charge in [-0.3, -0.25) is 24.0 Å². The Kier molecular flexibility index (Phi) is 16.2. The lowest BCUT2D eigenvalue weighted by Crippen LogP contribution is -2.58. The van der Waals surface area contributed by atoms with Gasteiger partial charge in [0.1, 0.15) is 18.1 Å². The van der Waals surface area contributed by atoms with Crippen LogP contribution in [0.4, 0.5) is 13.2 Å². The summed E-state index contributed by atoms with van der Waals surface area (Å²) in [5.74, 6) is -3.44. The molecule has 3 rings (SSSR count). The van der Waals surface area contributed by atoms with Crippen LogP contribution in [0.2, 0.25) is 0 Å². The lowest BCUT2D eigenvalue weighted by molar-refractivity contribution is -0.212. The van der Waals surface area contributed by atoms with E-state index in [0.717, 1.165) is 16.7 Å². The monoisotopic (exact) mass is 743 g/mol. The molecule has 0 fully saturated rings. The Bertz CT molecular complexity index is 1630. The highest BCUT2D eigenvalue weighted by atomic mass is 32.2. The number of nitrogens with one attached hydrogen (secondary N) is 4. The van der Waals surface area contributed by atoms with Gasteiger partial charge < -0.3 is 32.1 Å². The minimum absolute atomic E-state index is 0.0775. The number of carbonyl (C=O) groups excluding carboxylic acids is 5. The molecule has 3 aromatic carbocycles. The fourth-order valence-corrected chi connectivity index (χ4v) is 5.68. The van der Waals surface area contributed by atoms with E-state index < -0.39 is 78.8 Å². The Labute approximate surface area is 304 Å². The van der Waals surface area contributed by atoms with Crippen LogP contribution >= 0.6 is 11.8 Å². The Morgan fingerprint density at radius 1 is 0.731 bits per heavy atom. The van der Waals surface area contributed by atoms with Gasteiger partial charge in [0.05, 0.1) is 6.04 Å². The molecule has 52 heavy (non-hydrogen) atoms. The summed E-state index contributed by atoms with van der Waals surface area (Å²) in [5.41, 5.74) is 8.10. The van der Waals surface area contributed by atoms with E-state index in [0.29, 0.717) is 17.7 Å². The van der Waals surface area contributed by atoms with Crippen LogP contribution in [-0.4, -0.2) is 83.1 Å². The number of amides is 5. The van der Waals surface area contributed by atoms with Gasteiger partial charge in [0.15, 0.2) is 6.10 Å². The molecule has 0 saturated heterocycles. The second kappa shape index (κ2) is 20.2. The largest absolute Gasteiger partial charge is 0.416 e. The van der Waals surface area contributed by atoms with Crippen LogP contribution in [0.5, 0.6) is 0 Å². The molecular weight excluding hydrogens is 699 g/mol. The molecule has 15 heteroatoms. The molecule has 5 unspecified atom stereocenters. The Balaban J connectivity index is 1.75. The number of carbonyl (C=O) groups is 5. The van der Waals surface area contributed by atoms with Gasteiger partial charge in [0.2, 0.25) is 23.6 Å². The van der Waals surface area contributed by atoms with Crippen molar-refractivity contribution in [2.45, 2.75) is 75.5 Å². The number of alkyl halides is 3. The molecule has 0 spiro atoms. The first kappa shape index (κ1) is 41.5. The maximum atomic E-state index is 13.7. The molecule has 280 valence electrons. The van der Waals surface area contributed by atoms with Gasteiger partial charge in [0, 0.05) is 12.0 Å². The number of aryl methyl sites for hydroxylation is 1. The smallest absolute Gasteiger partial charge is 0.382 e. The number of thioether (sulfide) groups is 1. The second-order valence-electron chi connectivity index (χ2n) is 12.2. The summed E-state index contributed by atoms with van der Waals surface area (Å²) in [4.78, 5) is 64.6. The van der Waals surface area contributed by atoms with Crippen molar-refractivity contribution in [3.63, 3.8) is 0 Å². The normalized spacial score (nSPS) is 14.2. The van der Waals surface area contributed by atoms with E-state index in [1.54, 1.807) is 36.4 Å². The van der Waals surface area contributed by atoms with Gasteiger partial charge in [-0.1, -0.05) is 72.8 Å². The van der Waals surface area contributed by atoms with E-state index in [2.05, 4.69) is 16.0 Å². The molecule has 0 aliphatic carbocycles. The number of rotatable bonds is 19. The fourth-order valence-electron chi connectivity index (χ4n) is 5.21. The molecule has 3 aromatic rings. The summed E-state index contributed by atoms with van der Waals surface area (Å²) in [7, 11) is 0. The number of aliphatic hydroxyl groups excluding tert-OH is 1. The van der Waals surface area contributed by atoms with E-state index in [9.17, 15) is 42.3 Å². The highest BCUT2D eigenvalue weighted by molar-refractivity contribution is 7.98. The minimum Gasteiger partial charge on any atom is -0.382 e. The lowest BCUT2D eigenvalue weighted by Gasteiger charge is -2.28. The van der Waals surface area contributed by atoms with Crippen molar-refractivity contribution in [3.05, 3.63) is 96.1 Å². The van der Waals surface area contributed by atoms with Crippen molar-refractivity contribution in [1.29, 1.82) is 0 Å². The van der Waals surface area contributed by atoms with Gasteiger partial charge in [-0.25, -0.2) is 0 Å².